The van der Waals surface area contributed by atoms with Gasteiger partial charge in [0.1, 0.15) is 0 Å². The third kappa shape index (κ3) is 4.05. The van der Waals surface area contributed by atoms with Crippen LogP contribution >= 0.6 is 0 Å². The fourth-order valence-electron chi connectivity index (χ4n) is 1.92. The summed E-state index contributed by atoms with van der Waals surface area (Å²) in [6.45, 7) is 9.66. The highest BCUT2D eigenvalue weighted by atomic mass is 14.6. The van der Waals surface area contributed by atoms with Crippen molar-refractivity contribution in [3.8, 4) is 0 Å². The number of nitrogens with two attached hydrogens (primary N) is 1. The van der Waals surface area contributed by atoms with Crippen LogP contribution in [0.3, 0.4) is 0 Å². The van der Waals surface area contributed by atoms with Crippen LogP contribution in [-0.2, 0) is 0 Å². The normalized spacial score (nSPS) is 13.9. The number of rotatable bonds is 3. The molecule has 1 rings (SSSR count). The Balaban J connectivity index is 2.79. The van der Waals surface area contributed by atoms with Crippen LogP contribution in [-0.4, -0.2) is 6.54 Å². The molecule has 0 fully saturated rings. The second-order valence-corrected chi connectivity index (χ2v) is 5.61. The molecule has 1 heteroatoms. The quantitative estimate of drug-likeness (QED) is 0.803. The van der Waals surface area contributed by atoms with Crippen molar-refractivity contribution in [3.63, 3.8) is 0 Å². The maximum Gasteiger partial charge on any atom is -0.000804 e. The Bertz CT molecular complexity index is 292. The molecule has 1 atom stereocenters. The first-order chi connectivity index (χ1) is 6.92. The molecule has 0 aromatic heterocycles. The van der Waals surface area contributed by atoms with Gasteiger partial charge in [-0.15, -0.1) is 0 Å². The van der Waals surface area contributed by atoms with E-state index in [0.29, 0.717) is 11.3 Å². The molecule has 1 aromatic rings. The summed E-state index contributed by atoms with van der Waals surface area (Å²) in [7, 11) is 0. The molecule has 0 aliphatic heterocycles. The lowest BCUT2D eigenvalue weighted by molar-refractivity contribution is 0.342. The van der Waals surface area contributed by atoms with E-state index in [9.17, 15) is 0 Å². The van der Waals surface area contributed by atoms with Crippen LogP contribution in [0.15, 0.2) is 24.3 Å². The summed E-state index contributed by atoms with van der Waals surface area (Å²) >= 11 is 0. The van der Waals surface area contributed by atoms with Crippen LogP contribution in [0.2, 0.25) is 0 Å². The second kappa shape index (κ2) is 4.80. The Morgan fingerprint density at radius 1 is 1.13 bits per heavy atom. The average molecular weight is 205 g/mol. The smallest absolute Gasteiger partial charge is 0.000804 e. The Morgan fingerprint density at radius 3 is 2.07 bits per heavy atom. The Kier molecular flexibility index (Phi) is 3.92. The Morgan fingerprint density at radius 2 is 1.67 bits per heavy atom. The molecule has 1 unspecified atom stereocenters. The minimum Gasteiger partial charge on any atom is -0.330 e. The highest BCUT2D eigenvalue weighted by Crippen LogP contribution is 2.30. The molecular formula is C14H23N. The van der Waals surface area contributed by atoms with Gasteiger partial charge in [-0.25, -0.2) is 0 Å². The molecule has 2 N–H and O–H groups in total. The topological polar surface area (TPSA) is 26.0 Å². The molecule has 0 heterocycles. The lowest BCUT2D eigenvalue weighted by atomic mass is 9.81. The van der Waals surface area contributed by atoms with Gasteiger partial charge in [-0.1, -0.05) is 50.6 Å². The number of benzene rings is 1. The first-order valence-electron chi connectivity index (χ1n) is 5.69. The molecule has 0 saturated heterocycles. The number of hydrogen-bond acceptors (Lipinski definition) is 1. The maximum absolute atomic E-state index is 5.85. The first kappa shape index (κ1) is 12.3. The average Bonchev–Trinajstić information content (AvgIpc) is 2.14. The third-order valence-electron chi connectivity index (χ3n) is 2.69. The zero-order chi connectivity index (χ0) is 11.5. The molecule has 1 nitrogen and oxygen atoms in total. The van der Waals surface area contributed by atoms with Crippen molar-refractivity contribution in [2.75, 3.05) is 6.54 Å². The molecule has 1 aromatic carbocycles. The third-order valence-corrected chi connectivity index (χ3v) is 2.69. The fourth-order valence-corrected chi connectivity index (χ4v) is 1.92. The van der Waals surface area contributed by atoms with E-state index < -0.39 is 0 Å². The molecule has 84 valence electrons. The lowest BCUT2D eigenvalue weighted by Gasteiger charge is -2.25. The lowest BCUT2D eigenvalue weighted by Crippen LogP contribution is -2.19. The summed E-state index contributed by atoms with van der Waals surface area (Å²) in [4.78, 5) is 0. The molecule has 0 aliphatic carbocycles. The maximum atomic E-state index is 5.85. The van der Waals surface area contributed by atoms with E-state index in [0.717, 1.165) is 13.0 Å². The summed E-state index contributed by atoms with van der Waals surface area (Å²) in [5.74, 6) is 0.491. The van der Waals surface area contributed by atoms with Gasteiger partial charge in [0, 0.05) is 0 Å². The molecule has 0 bridgehead atoms. The largest absolute Gasteiger partial charge is 0.330 e. The zero-order valence-corrected chi connectivity index (χ0v) is 10.4. The molecule has 0 spiro atoms. The standard InChI is InChI=1S/C14H23N/c1-11-5-7-12(8-6-11)13(10-15)9-14(2,3)4/h5-8,13H,9-10,15H2,1-4H3. The van der Waals surface area contributed by atoms with Crippen molar-refractivity contribution >= 4 is 0 Å². The van der Waals surface area contributed by atoms with Gasteiger partial charge in [0.05, 0.1) is 0 Å². The van der Waals surface area contributed by atoms with Crippen molar-refractivity contribution in [1.82, 2.24) is 0 Å². The van der Waals surface area contributed by atoms with E-state index in [1.807, 2.05) is 0 Å². The van der Waals surface area contributed by atoms with Gasteiger partial charge in [0.2, 0.25) is 0 Å². The van der Waals surface area contributed by atoms with Gasteiger partial charge in [-0.05, 0) is 36.8 Å². The molecular weight excluding hydrogens is 182 g/mol. The van der Waals surface area contributed by atoms with E-state index >= 15 is 0 Å². The molecule has 0 aliphatic rings. The highest BCUT2D eigenvalue weighted by molar-refractivity contribution is 5.25. The Hall–Kier alpha value is -0.820. The van der Waals surface area contributed by atoms with Gasteiger partial charge in [0.15, 0.2) is 0 Å². The molecule has 15 heavy (non-hydrogen) atoms. The van der Waals surface area contributed by atoms with E-state index in [-0.39, 0.29) is 0 Å². The molecule has 0 radical (unpaired) electrons. The summed E-state index contributed by atoms with van der Waals surface area (Å²) in [5.41, 5.74) is 8.88. The van der Waals surface area contributed by atoms with Gasteiger partial charge in [-0.2, -0.15) is 0 Å². The van der Waals surface area contributed by atoms with Crippen molar-refractivity contribution < 1.29 is 0 Å². The van der Waals surface area contributed by atoms with E-state index in [1.54, 1.807) is 0 Å². The summed E-state index contributed by atoms with van der Waals surface area (Å²) in [6.07, 6.45) is 1.15. The van der Waals surface area contributed by atoms with Gasteiger partial charge < -0.3 is 5.73 Å². The summed E-state index contributed by atoms with van der Waals surface area (Å²) in [5, 5.41) is 0. The van der Waals surface area contributed by atoms with Crippen LogP contribution in [0.4, 0.5) is 0 Å². The number of hydrogen-bond donors (Lipinski definition) is 1. The summed E-state index contributed by atoms with van der Waals surface area (Å²) in [6, 6.07) is 8.75. The molecule has 0 amide bonds. The van der Waals surface area contributed by atoms with E-state index in [4.69, 9.17) is 5.73 Å². The van der Waals surface area contributed by atoms with Gasteiger partial charge in [-0.3, -0.25) is 0 Å². The van der Waals surface area contributed by atoms with Gasteiger partial charge >= 0.3 is 0 Å². The van der Waals surface area contributed by atoms with E-state index in [1.165, 1.54) is 11.1 Å². The van der Waals surface area contributed by atoms with Crippen molar-refractivity contribution in [2.45, 2.75) is 40.0 Å². The zero-order valence-electron chi connectivity index (χ0n) is 10.4. The second-order valence-electron chi connectivity index (χ2n) is 5.61. The van der Waals surface area contributed by atoms with Crippen LogP contribution in [0.1, 0.15) is 44.2 Å². The highest BCUT2D eigenvalue weighted by Gasteiger charge is 2.18. The van der Waals surface area contributed by atoms with Crippen molar-refractivity contribution in [3.05, 3.63) is 35.4 Å². The minimum atomic E-state index is 0.342. The minimum absolute atomic E-state index is 0.342. The van der Waals surface area contributed by atoms with Crippen LogP contribution in [0.5, 0.6) is 0 Å². The first-order valence-corrected chi connectivity index (χ1v) is 5.69. The van der Waals surface area contributed by atoms with Crippen molar-refractivity contribution in [1.29, 1.82) is 0 Å². The predicted molar refractivity (Wildman–Crippen MR) is 67.0 cm³/mol. The SMILES string of the molecule is Cc1ccc(C(CN)CC(C)(C)C)cc1. The predicted octanol–water partition coefficient (Wildman–Crippen LogP) is 3.47. The van der Waals surface area contributed by atoms with Crippen LogP contribution in [0.25, 0.3) is 0 Å². The van der Waals surface area contributed by atoms with Crippen molar-refractivity contribution in [2.24, 2.45) is 11.1 Å². The van der Waals surface area contributed by atoms with Crippen LogP contribution < -0.4 is 5.73 Å². The van der Waals surface area contributed by atoms with E-state index in [2.05, 4.69) is 52.0 Å². The molecule has 0 saturated carbocycles. The van der Waals surface area contributed by atoms with Crippen LogP contribution in [0, 0.1) is 12.3 Å². The Labute approximate surface area is 93.7 Å². The van der Waals surface area contributed by atoms with Gasteiger partial charge in [0.25, 0.3) is 0 Å². The monoisotopic (exact) mass is 205 g/mol. The summed E-state index contributed by atoms with van der Waals surface area (Å²) < 4.78 is 0. The fraction of sp³-hybridized carbons (Fsp3) is 0.571. The number of aryl methyl sites for hydroxylation is 1.